The van der Waals surface area contributed by atoms with Crippen LogP contribution >= 0.6 is 23.2 Å². The van der Waals surface area contributed by atoms with Gasteiger partial charge >= 0.3 is 0 Å². The third-order valence-electron chi connectivity index (χ3n) is 2.41. The summed E-state index contributed by atoms with van der Waals surface area (Å²) >= 11 is 12.1. The first kappa shape index (κ1) is 13.6. The maximum Gasteiger partial charge on any atom is 0.269 e. The first-order valence-electron chi connectivity index (χ1n) is 5.35. The number of benzene rings is 2. The van der Waals surface area contributed by atoms with Gasteiger partial charge in [0.25, 0.3) is 5.69 Å². The smallest absolute Gasteiger partial charge is 0.269 e. The van der Waals surface area contributed by atoms with E-state index in [4.69, 9.17) is 27.9 Å². The van der Waals surface area contributed by atoms with Crippen molar-refractivity contribution < 1.29 is 9.66 Å². The molecule has 0 radical (unpaired) electrons. The number of rotatable bonds is 3. The fourth-order valence-corrected chi connectivity index (χ4v) is 2.21. The molecule has 0 spiro atoms. The summed E-state index contributed by atoms with van der Waals surface area (Å²) in [5.41, 5.74) is 0.916. The number of nitrogens with zero attached hydrogens (tertiary/aromatic N) is 1. The van der Waals surface area contributed by atoms with Gasteiger partial charge in [-0.3, -0.25) is 10.1 Å². The van der Waals surface area contributed by atoms with Crippen molar-refractivity contribution >= 4 is 28.9 Å². The monoisotopic (exact) mass is 297 g/mol. The molecule has 0 amide bonds. The molecule has 0 N–H and O–H groups in total. The van der Waals surface area contributed by atoms with Gasteiger partial charge in [0.1, 0.15) is 5.75 Å². The zero-order chi connectivity index (χ0) is 14.0. The maximum absolute atomic E-state index is 10.5. The molecule has 0 heterocycles. The number of nitro benzene ring substituents is 1. The molecule has 0 aliphatic heterocycles. The van der Waals surface area contributed by atoms with Crippen LogP contribution in [0, 0.1) is 17.0 Å². The average molecular weight is 298 g/mol. The lowest BCUT2D eigenvalue weighted by Gasteiger charge is -2.10. The zero-order valence-electron chi connectivity index (χ0n) is 9.89. The second-order valence-electron chi connectivity index (χ2n) is 3.91. The van der Waals surface area contributed by atoms with Crippen LogP contribution in [0.3, 0.4) is 0 Å². The average Bonchev–Trinajstić information content (AvgIpc) is 2.34. The van der Waals surface area contributed by atoms with E-state index in [1.54, 1.807) is 12.1 Å². The van der Waals surface area contributed by atoms with Gasteiger partial charge in [-0.05, 0) is 36.8 Å². The van der Waals surface area contributed by atoms with E-state index in [1.807, 2.05) is 6.92 Å². The minimum Gasteiger partial charge on any atom is -0.454 e. The van der Waals surface area contributed by atoms with Gasteiger partial charge in [0.2, 0.25) is 0 Å². The summed E-state index contributed by atoms with van der Waals surface area (Å²) in [6.45, 7) is 1.87. The molecular weight excluding hydrogens is 289 g/mol. The molecule has 0 saturated carbocycles. The van der Waals surface area contributed by atoms with E-state index in [0.717, 1.165) is 5.56 Å². The highest BCUT2D eigenvalue weighted by Gasteiger charge is 2.11. The Hall–Kier alpha value is -1.78. The molecule has 6 heteroatoms. The predicted molar refractivity (Wildman–Crippen MR) is 74.4 cm³/mol. The fourth-order valence-electron chi connectivity index (χ4n) is 1.54. The minimum absolute atomic E-state index is 0.00606. The largest absolute Gasteiger partial charge is 0.454 e. The van der Waals surface area contributed by atoms with Crippen LogP contribution in [-0.2, 0) is 0 Å². The summed E-state index contributed by atoms with van der Waals surface area (Å²) in [4.78, 5) is 10.1. The summed E-state index contributed by atoms with van der Waals surface area (Å²) in [6, 6.07) is 9.15. The lowest BCUT2D eigenvalue weighted by Crippen LogP contribution is -1.90. The fraction of sp³-hybridized carbons (Fsp3) is 0.0769. The summed E-state index contributed by atoms with van der Waals surface area (Å²) < 4.78 is 5.54. The second kappa shape index (κ2) is 5.47. The van der Waals surface area contributed by atoms with Crippen LogP contribution in [0.25, 0.3) is 0 Å². The third-order valence-corrected chi connectivity index (χ3v) is 2.97. The van der Waals surface area contributed by atoms with Crippen LogP contribution in [0.2, 0.25) is 10.0 Å². The van der Waals surface area contributed by atoms with Gasteiger partial charge in [-0.2, -0.15) is 0 Å². The molecule has 2 aromatic carbocycles. The first-order chi connectivity index (χ1) is 8.97. The molecule has 0 bridgehead atoms. The minimum atomic E-state index is -0.477. The van der Waals surface area contributed by atoms with Gasteiger partial charge in [0, 0.05) is 12.1 Å². The van der Waals surface area contributed by atoms with Gasteiger partial charge in [-0.25, -0.2) is 0 Å². The zero-order valence-corrected chi connectivity index (χ0v) is 11.4. The molecule has 4 nitrogen and oxygen atoms in total. The molecule has 0 aliphatic carbocycles. The van der Waals surface area contributed by atoms with E-state index in [-0.39, 0.29) is 5.69 Å². The van der Waals surface area contributed by atoms with E-state index in [9.17, 15) is 10.1 Å². The summed E-state index contributed by atoms with van der Waals surface area (Å²) in [5.74, 6) is 0.765. The van der Waals surface area contributed by atoms with Crippen molar-refractivity contribution in [1.29, 1.82) is 0 Å². The van der Waals surface area contributed by atoms with Crippen molar-refractivity contribution in [2.24, 2.45) is 0 Å². The highest BCUT2D eigenvalue weighted by Crippen LogP contribution is 2.37. The Morgan fingerprint density at radius 2 is 1.63 bits per heavy atom. The van der Waals surface area contributed by atoms with Gasteiger partial charge in [-0.1, -0.05) is 23.2 Å². The van der Waals surface area contributed by atoms with Crippen molar-refractivity contribution in [3.05, 3.63) is 62.1 Å². The topological polar surface area (TPSA) is 52.4 Å². The van der Waals surface area contributed by atoms with E-state index < -0.39 is 4.92 Å². The van der Waals surface area contributed by atoms with Crippen LogP contribution in [0.5, 0.6) is 11.5 Å². The Labute approximate surface area is 119 Å². The molecular formula is C13H9Cl2NO3. The maximum atomic E-state index is 10.5. The van der Waals surface area contributed by atoms with Crippen LogP contribution in [0.4, 0.5) is 5.69 Å². The summed E-state index contributed by atoms with van der Waals surface area (Å²) in [5, 5.41) is 11.3. The lowest BCUT2D eigenvalue weighted by atomic mass is 10.2. The molecule has 0 atom stereocenters. The summed E-state index contributed by atoms with van der Waals surface area (Å²) in [6.07, 6.45) is 0. The lowest BCUT2D eigenvalue weighted by molar-refractivity contribution is -0.384. The Morgan fingerprint density at radius 3 is 2.11 bits per heavy atom. The number of aryl methyl sites for hydroxylation is 1. The Kier molecular flexibility index (Phi) is 3.93. The van der Waals surface area contributed by atoms with Crippen LogP contribution in [0.15, 0.2) is 36.4 Å². The van der Waals surface area contributed by atoms with Crippen molar-refractivity contribution in [2.75, 3.05) is 0 Å². The normalized spacial score (nSPS) is 10.3. The van der Waals surface area contributed by atoms with Crippen LogP contribution in [0.1, 0.15) is 5.56 Å². The Bertz CT molecular complexity index is 603. The van der Waals surface area contributed by atoms with Gasteiger partial charge in [0.05, 0.1) is 15.0 Å². The van der Waals surface area contributed by atoms with Crippen molar-refractivity contribution in [2.45, 2.75) is 6.92 Å². The highest BCUT2D eigenvalue weighted by atomic mass is 35.5. The predicted octanol–water partition coefficient (Wildman–Crippen LogP) is 5.00. The first-order valence-corrected chi connectivity index (χ1v) is 6.11. The Balaban J connectivity index is 2.29. The summed E-state index contributed by atoms with van der Waals surface area (Å²) in [7, 11) is 0. The SMILES string of the molecule is Cc1cc(Cl)c(Oc2ccc([N+](=O)[O-])cc2)c(Cl)c1. The quantitative estimate of drug-likeness (QED) is 0.591. The molecule has 0 aliphatic rings. The van der Waals surface area contributed by atoms with E-state index >= 15 is 0 Å². The number of hydrogen-bond acceptors (Lipinski definition) is 3. The standard InChI is InChI=1S/C13H9Cl2NO3/c1-8-6-11(14)13(12(15)7-8)19-10-4-2-9(3-5-10)16(17)18/h2-7H,1H3. The molecule has 19 heavy (non-hydrogen) atoms. The number of hydrogen-bond donors (Lipinski definition) is 0. The third kappa shape index (κ3) is 3.16. The molecule has 2 aromatic rings. The van der Waals surface area contributed by atoms with Crippen LogP contribution in [-0.4, -0.2) is 4.92 Å². The molecule has 0 saturated heterocycles. The van der Waals surface area contributed by atoms with E-state index in [0.29, 0.717) is 21.5 Å². The van der Waals surface area contributed by atoms with Crippen molar-refractivity contribution in [3.63, 3.8) is 0 Å². The number of ether oxygens (including phenoxy) is 1. The molecule has 98 valence electrons. The number of nitro groups is 1. The Morgan fingerprint density at radius 1 is 1.11 bits per heavy atom. The van der Waals surface area contributed by atoms with E-state index in [2.05, 4.69) is 0 Å². The van der Waals surface area contributed by atoms with Crippen molar-refractivity contribution in [1.82, 2.24) is 0 Å². The van der Waals surface area contributed by atoms with Gasteiger partial charge in [0.15, 0.2) is 5.75 Å². The second-order valence-corrected chi connectivity index (χ2v) is 4.73. The number of halogens is 2. The van der Waals surface area contributed by atoms with Gasteiger partial charge < -0.3 is 4.74 Å². The van der Waals surface area contributed by atoms with Crippen LogP contribution < -0.4 is 4.74 Å². The van der Waals surface area contributed by atoms with Gasteiger partial charge in [-0.15, -0.1) is 0 Å². The number of non-ortho nitro benzene ring substituents is 1. The highest BCUT2D eigenvalue weighted by molar-refractivity contribution is 6.37. The molecule has 0 fully saturated rings. The molecule has 0 unspecified atom stereocenters. The van der Waals surface area contributed by atoms with E-state index in [1.165, 1.54) is 24.3 Å². The van der Waals surface area contributed by atoms with Crippen molar-refractivity contribution in [3.8, 4) is 11.5 Å². The molecule has 0 aromatic heterocycles. The molecule has 2 rings (SSSR count).